The average Bonchev–Trinajstić information content (AvgIpc) is 3.13. The highest BCUT2D eigenvalue weighted by Crippen LogP contribution is 2.51. The maximum Gasteiger partial charge on any atom is 0.270 e. The maximum absolute atomic E-state index is 12.9. The maximum atomic E-state index is 12.9. The molecule has 1 amide bonds. The highest BCUT2D eigenvalue weighted by Gasteiger charge is 2.56. The number of nitrogens with zero attached hydrogens (tertiary/aromatic N) is 1. The van der Waals surface area contributed by atoms with Crippen molar-refractivity contribution in [1.29, 1.82) is 0 Å². The van der Waals surface area contributed by atoms with E-state index in [-0.39, 0.29) is 30.1 Å². The first-order chi connectivity index (χ1) is 13.1. The number of aliphatic hydroxyl groups is 2. The lowest BCUT2D eigenvalue weighted by atomic mass is 9.58. The topological polar surface area (TPSA) is 95.0 Å². The van der Waals surface area contributed by atoms with Crippen molar-refractivity contribution in [2.75, 3.05) is 33.4 Å². The molecule has 7 nitrogen and oxygen atoms in total. The molecule has 0 bridgehead atoms. The third kappa shape index (κ3) is 3.09. The summed E-state index contributed by atoms with van der Waals surface area (Å²) in [5, 5.41) is 20.2. The molecule has 2 heterocycles. The molecule has 7 heteroatoms. The molecule has 1 aromatic heterocycles. The number of carbonyl (C=O) groups is 1. The number of hydrogen-bond donors (Lipinski definition) is 3. The molecule has 27 heavy (non-hydrogen) atoms. The molecule has 1 saturated heterocycles. The normalized spacial score (nSPS) is 24.2. The van der Waals surface area contributed by atoms with Crippen molar-refractivity contribution in [3.05, 3.63) is 30.0 Å². The zero-order valence-corrected chi connectivity index (χ0v) is 15.5. The van der Waals surface area contributed by atoms with Crippen LogP contribution in [0.5, 0.6) is 5.75 Å². The van der Waals surface area contributed by atoms with Crippen LogP contribution in [0.4, 0.5) is 0 Å². The summed E-state index contributed by atoms with van der Waals surface area (Å²) in [4.78, 5) is 17.9. The van der Waals surface area contributed by atoms with Gasteiger partial charge in [-0.2, -0.15) is 0 Å². The highest BCUT2D eigenvalue weighted by molar-refractivity contribution is 5.98. The van der Waals surface area contributed by atoms with Gasteiger partial charge in [-0.15, -0.1) is 0 Å². The first-order valence-corrected chi connectivity index (χ1v) is 9.44. The average molecular weight is 374 g/mol. The van der Waals surface area contributed by atoms with Gasteiger partial charge in [-0.1, -0.05) is 0 Å². The summed E-state index contributed by atoms with van der Waals surface area (Å²) in [5.74, 6) is 0.731. The number of piperidine rings is 1. The van der Waals surface area contributed by atoms with Gasteiger partial charge >= 0.3 is 0 Å². The lowest BCUT2D eigenvalue weighted by Crippen LogP contribution is -2.62. The van der Waals surface area contributed by atoms with Gasteiger partial charge in [-0.3, -0.25) is 4.79 Å². The number of aromatic nitrogens is 1. The van der Waals surface area contributed by atoms with E-state index in [4.69, 9.17) is 14.6 Å². The number of likely N-dealkylation sites (tertiary alicyclic amines) is 1. The van der Waals surface area contributed by atoms with E-state index in [1.165, 1.54) is 0 Å². The summed E-state index contributed by atoms with van der Waals surface area (Å²) in [7, 11) is 1.62. The SMILES string of the molecule is COc1ccc2[nH]c(C(=O)N3CCC4(CC3)[C@@H](O)C[C@H]4OCCO)cc2c1. The Balaban J connectivity index is 1.44. The van der Waals surface area contributed by atoms with Gasteiger partial charge in [-0.05, 0) is 37.1 Å². The monoisotopic (exact) mass is 374 g/mol. The molecule has 0 radical (unpaired) electrons. The molecule has 146 valence electrons. The molecule has 2 aliphatic rings. The molecule has 4 rings (SSSR count). The van der Waals surface area contributed by atoms with Gasteiger partial charge in [0.05, 0.1) is 32.5 Å². The van der Waals surface area contributed by atoms with Crippen LogP contribution in [0.25, 0.3) is 10.9 Å². The Hall–Kier alpha value is -2.09. The Labute approximate surface area is 157 Å². The minimum atomic E-state index is -0.390. The predicted octanol–water partition coefficient (Wildman–Crippen LogP) is 1.54. The molecule has 1 spiro atoms. The lowest BCUT2D eigenvalue weighted by molar-refractivity contribution is -0.211. The van der Waals surface area contributed by atoms with Crippen molar-refractivity contribution in [2.45, 2.75) is 31.5 Å². The minimum absolute atomic E-state index is 0.0154. The van der Waals surface area contributed by atoms with Gasteiger partial charge in [-0.25, -0.2) is 0 Å². The number of amides is 1. The quantitative estimate of drug-likeness (QED) is 0.738. The van der Waals surface area contributed by atoms with Crippen molar-refractivity contribution >= 4 is 16.8 Å². The number of carbonyl (C=O) groups excluding carboxylic acids is 1. The fraction of sp³-hybridized carbons (Fsp3) is 0.550. The fourth-order valence-corrected chi connectivity index (χ4v) is 4.46. The molecule has 1 aromatic carbocycles. The zero-order chi connectivity index (χ0) is 19.0. The number of H-pyrrole nitrogens is 1. The van der Waals surface area contributed by atoms with Crippen LogP contribution in [0.1, 0.15) is 29.8 Å². The van der Waals surface area contributed by atoms with Crippen LogP contribution < -0.4 is 4.74 Å². The number of ether oxygens (including phenoxy) is 2. The van der Waals surface area contributed by atoms with Crippen LogP contribution in [-0.2, 0) is 4.74 Å². The van der Waals surface area contributed by atoms with Gasteiger partial charge in [0, 0.05) is 35.8 Å². The molecule has 0 unspecified atom stereocenters. The Bertz CT molecular complexity index is 825. The van der Waals surface area contributed by atoms with Crippen LogP contribution in [-0.4, -0.2) is 71.6 Å². The molecule has 3 N–H and O–H groups in total. The lowest BCUT2D eigenvalue weighted by Gasteiger charge is -2.56. The number of aliphatic hydroxyl groups excluding tert-OH is 2. The van der Waals surface area contributed by atoms with Crippen molar-refractivity contribution < 1.29 is 24.5 Å². The van der Waals surface area contributed by atoms with Gasteiger partial charge in [0.2, 0.25) is 0 Å². The van der Waals surface area contributed by atoms with Gasteiger partial charge in [0.1, 0.15) is 11.4 Å². The van der Waals surface area contributed by atoms with Crippen LogP contribution in [0.3, 0.4) is 0 Å². The van der Waals surface area contributed by atoms with Crippen molar-refractivity contribution in [2.24, 2.45) is 5.41 Å². The summed E-state index contributed by atoms with van der Waals surface area (Å²) in [5.41, 5.74) is 1.19. The van der Waals surface area contributed by atoms with Crippen LogP contribution >= 0.6 is 0 Å². The van der Waals surface area contributed by atoms with Crippen molar-refractivity contribution in [3.63, 3.8) is 0 Å². The molecule has 2 fully saturated rings. The van der Waals surface area contributed by atoms with Gasteiger partial charge in [0.15, 0.2) is 0 Å². The summed E-state index contributed by atoms with van der Waals surface area (Å²) in [6, 6.07) is 7.53. The van der Waals surface area contributed by atoms with Gasteiger partial charge < -0.3 is 29.6 Å². The molecule has 1 aliphatic carbocycles. The summed E-state index contributed by atoms with van der Waals surface area (Å²) >= 11 is 0. The first-order valence-electron chi connectivity index (χ1n) is 9.44. The Morgan fingerprint density at radius 1 is 1.33 bits per heavy atom. The molecular weight excluding hydrogens is 348 g/mol. The minimum Gasteiger partial charge on any atom is -0.497 e. The summed E-state index contributed by atoms with van der Waals surface area (Å²) in [6.45, 7) is 1.46. The van der Waals surface area contributed by atoms with E-state index in [0.29, 0.717) is 44.7 Å². The van der Waals surface area contributed by atoms with Crippen molar-refractivity contribution in [3.8, 4) is 5.75 Å². The Kier molecular flexibility index (Phi) is 4.84. The molecule has 2 aromatic rings. The second-order valence-electron chi connectivity index (χ2n) is 7.50. The molecule has 1 aliphatic heterocycles. The number of methoxy groups -OCH3 is 1. The second-order valence-corrected chi connectivity index (χ2v) is 7.50. The fourth-order valence-electron chi connectivity index (χ4n) is 4.46. The van der Waals surface area contributed by atoms with Crippen LogP contribution in [0.2, 0.25) is 0 Å². The molecule has 1 saturated carbocycles. The number of fused-ring (bicyclic) bond motifs is 1. The first kappa shape index (κ1) is 18.3. The molecular formula is C20H26N2O5. The largest absolute Gasteiger partial charge is 0.497 e. The number of benzene rings is 1. The van der Waals surface area contributed by atoms with E-state index in [2.05, 4.69) is 4.98 Å². The number of rotatable bonds is 5. The van der Waals surface area contributed by atoms with E-state index in [0.717, 1.165) is 16.7 Å². The van der Waals surface area contributed by atoms with E-state index < -0.39 is 0 Å². The number of nitrogens with one attached hydrogen (secondary N) is 1. The highest BCUT2D eigenvalue weighted by atomic mass is 16.5. The summed E-state index contributed by atoms with van der Waals surface area (Å²) in [6.07, 6.45) is 1.61. The third-order valence-electron chi connectivity index (χ3n) is 6.19. The van der Waals surface area contributed by atoms with E-state index in [1.807, 2.05) is 29.2 Å². The van der Waals surface area contributed by atoms with E-state index in [1.54, 1.807) is 7.11 Å². The van der Waals surface area contributed by atoms with Gasteiger partial charge in [0.25, 0.3) is 5.91 Å². The zero-order valence-electron chi connectivity index (χ0n) is 15.5. The smallest absolute Gasteiger partial charge is 0.270 e. The second kappa shape index (κ2) is 7.14. The molecule has 2 atom stereocenters. The third-order valence-corrected chi connectivity index (χ3v) is 6.19. The van der Waals surface area contributed by atoms with E-state index >= 15 is 0 Å². The predicted molar refractivity (Wildman–Crippen MR) is 99.9 cm³/mol. The number of aromatic amines is 1. The Morgan fingerprint density at radius 2 is 2.11 bits per heavy atom. The Morgan fingerprint density at radius 3 is 2.78 bits per heavy atom. The van der Waals surface area contributed by atoms with Crippen LogP contribution in [0.15, 0.2) is 24.3 Å². The van der Waals surface area contributed by atoms with Crippen molar-refractivity contribution in [1.82, 2.24) is 9.88 Å². The summed E-state index contributed by atoms with van der Waals surface area (Å²) < 4.78 is 10.9. The number of hydrogen-bond acceptors (Lipinski definition) is 5. The van der Waals surface area contributed by atoms with E-state index in [9.17, 15) is 9.90 Å². The van der Waals surface area contributed by atoms with Crippen LogP contribution in [0, 0.1) is 5.41 Å². The standard InChI is InChI=1S/C20H26N2O5/c1-26-14-2-3-15-13(10-14)11-16(21-15)19(25)22-6-4-20(5-7-22)17(24)12-18(20)27-9-8-23/h2-3,10-11,17-18,21,23-24H,4-9,12H2,1H3/t17-,18+/m0/s1.